The predicted octanol–water partition coefficient (Wildman–Crippen LogP) is 2.74. The predicted molar refractivity (Wildman–Crippen MR) is 72.4 cm³/mol. The number of furan rings is 1. The van der Waals surface area contributed by atoms with Gasteiger partial charge in [0.15, 0.2) is 0 Å². The molecule has 0 radical (unpaired) electrons. The molecule has 1 aliphatic carbocycles. The van der Waals surface area contributed by atoms with E-state index in [-0.39, 0.29) is 6.04 Å². The van der Waals surface area contributed by atoms with Crippen molar-refractivity contribution in [1.29, 1.82) is 0 Å². The second-order valence-corrected chi connectivity index (χ2v) is 6.20. The number of nitrogens with two attached hydrogens (primary N) is 1. The number of hydrogen-bond donors (Lipinski definition) is 1. The van der Waals surface area contributed by atoms with Crippen molar-refractivity contribution in [1.82, 2.24) is 4.90 Å². The summed E-state index contributed by atoms with van der Waals surface area (Å²) in [4.78, 5) is 2.48. The van der Waals surface area contributed by atoms with Gasteiger partial charge in [0, 0.05) is 19.0 Å². The van der Waals surface area contributed by atoms with E-state index >= 15 is 0 Å². The molecular weight excluding hydrogens is 224 g/mol. The lowest BCUT2D eigenvalue weighted by atomic mass is 10.1. The molecule has 1 aromatic heterocycles. The molecule has 2 N–H and O–H groups in total. The van der Waals surface area contributed by atoms with Gasteiger partial charge in [0.1, 0.15) is 11.5 Å². The quantitative estimate of drug-likeness (QED) is 0.891. The van der Waals surface area contributed by atoms with Crippen molar-refractivity contribution in [3.05, 3.63) is 23.7 Å². The third kappa shape index (κ3) is 2.21. The van der Waals surface area contributed by atoms with Crippen LogP contribution in [-0.2, 0) is 0 Å². The highest BCUT2D eigenvalue weighted by Crippen LogP contribution is 2.47. The summed E-state index contributed by atoms with van der Waals surface area (Å²) in [6.07, 6.45) is 2.56. The van der Waals surface area contributed by atoms with Crippen LogP contribution in [0.1, 0.15) is 50.2 Å². The van der Waals surface area contributed by atoms with E-state index in [1.807, 2.05) is 0 Å². The van der Waals surface area contributed by atoms with Gasteiger partial charge in [-0.05, 0) is 43.4 Å². The highest BCUT2D eigenvalue weighted by molar-refractivity contribution is 5.19. The average molecular weight is 248 g/mol. The molecule has 2 fully saturated rings. The minimum atomic E-state index is 0.276. The van der Waals surface area contributed by atoms with Crippen LogP contribution in [0.4, 0.5) is 0 Å². The normalized spacial score (nSPS) is 33.8. The maximum absolute atomic E-state index is 6.06. The lowest BCUT2D eigenvalue weighted by Gasteiger charge is -2.24. The number of likely N-dealkylation sites (tertiary alicyclic amines) is 1. The summed E-state index contributed by atoms with van der Waals surface area (Å²) in [5.74, 6) is 4.49. The summed E-state index contributed by atoms with van der Waals surface area (Å²) in [7, 11) is 0. The SMILES string of the molecule is CC1CCN(C(CN)c2ccc(C3CC3C)o2)C1. The summed E-state index contributed by atoms with van der Waals surface area (Å²) >= 11 is 0. The van der Waals surface area contributed by atoms with E-state index < -0.39 is 0 Å². The van der Waals surface area contributed by atoms with Gasteiger partial charge in [0.05, 0.1) is 6.04 Å². The van der Waals surface area contributed by atoms with Crippen LogP contribution in [0.25, 0.3) is 0 Å². The van der Waals surface area contributed by atoms with Crippen molar-refractivity contribution in [3.63, 3.8) is 0 Å². The fraction of sp³-hybridized carbons (Fsp3) is 0.733. The fourth-order valence-electron chi connectivity index (χ4n) is 3.16. The summed E-state index contributed by atoms with van der Waals surface area (Å²) in [5, 5.41) is 0. The highest BCUT2D eigenvalue weighted by Gasteiger charge is 2.37. The molecule has 1 aliphatic heterocycles. The monoisotopic (exact) mass is 248 g/mol. The Labute approximate surface area is 109 Å². The molecular formula is C15H24N2O. The van der Waals surface area contributed by atoms with Crippen LogP contribution in [0.3, 0.4) is 0 Å². The molecule has 0 spiro atoms. The van der Waals surface area contributed by atoms with Crippen molar-refractivity contribution in [3.8, 4) is 0 Å². The molecule has 0 aromatic carbocycles. The topological polar surface area (TPSA) is 42.4 Å². The van der Waals surface area contributed by atoms with Gasteiger partial charge < -0.3 is 10.2 Å². The summed E-state index contributed by atoms with van der Waals surface area (Å²) in [5.41, 5.74) is 5.96. The van der Waals surface area contributed by atoms with Crippen LogP contribution in [0.5, 0.6) is 0 Å². The Morgan fingerprint density at radius 3 is 2.78 bits per heavy atom. The summed E-state index contributed by atoms with van der Waals surface area (Å²) in [6.45, 7) is 7.55. The van der Waals surface area contributed by atoms with E-state index in [2.05, 4.69) is 30.9 Å². The minimum Gasteiger partial charge on any atom is -0.464 e. The number of nitrogens with zero attached hydrogens (tertiary/aromatic N) is 1. The first-order valence-corrected chi connectivity index (χ1v) is 7.22. The summed E-state index contributed by atoms with van der Waals surface area (Å²) < 4.78 is 6.06. The maximum atomic E-state index is 6.06. The number of hydrogen-bond acceptors (Lipinski definition) is 3. The molecule has 1 saturated carbocycles. The van der Waals surface area contributed by atoms with E-state index in [0.717, 1.165) is 30.7 Å². The molecule has 3 rings (SSSR count). The average Bonchev–Trinajstić information content (AvgIpc) is 2.80. The van der Waals surface area contributed by atoms with Gasteiger partial charge in [0.2, 0.25) is 0 Å². The smallest absolute Gasteiger partial charge is 0.122 e. The molecule has 2 aliphatic rings. The van der Waals surface area contributed by atoms with Crippen LogP contribution in [0.15, 0.2) is 16.5 Å². The van der Waals surface area contributed by atoms with Crippen LogP contribution in [-0.4, -0.2) is 24.5 Å². The van der Waals surface area contributed by atoms with Crippen molar-refractivity contribution in [2.24, 2.45) is 17.6 Å². The zero-order valence-electron chi connectivity index (χ0n) is 11.4. The summed E-state index contributed by atoms with van der Waals surface area (Å²) in [6, 6.07) is 4.57. The molecule has 1 saturated heterocycles. The molecule has 4 unspecified atom stereocenters. The van der Waals surface area contributed by atoms with Gasteiger partial charge >= 0.3 is 0 Å². The lowest BCUT2D eigenvalue weighted by molar-refractivity contribution is 0.212. The van der Waals surface area contributed by atoms with Gasteiger partial charge in [-0.1, -0.05) is 13.8 Å². The van der Waals surface area contributed by atoms with Gasteiger partial charge in [-0.15, -0.1) is 0 Å². The minimum absolute atomic E-state index is 0.276. The standard InChI is InChI=1S/C15H24N2O/c1-10-5-6-17(9-10)13(8-16)15-4-3-14(18-15)12-7-11(12)2/h3-4,10-13H,5-9,16H2,1-2H3. The van der Waals surface area contributed by atoms with Crippen molar-refractivity contribution >= 4 is 0 Å². The third-order valence-electron chi connectivity index (χ3n) is 4.57. The second kappa shape index (κ2) is 4.71. The van der Waals surface area contributed by atoms with Crippen LogP contribution >= 0.6 is 0 Å². The Balaban J connectivity index is 1.73. The van der Waals surface area contributed by atoms with E-state index in [0.29, 0.717) is 12.5 Å². The Bertz CT molecular complexity index is 414. The molecule has 100 valence electrons. The molecule has 4 atom stereocenters. The van der Waals surface area contributed by atoms with Gasteiger partial charge in [-0.3, -0.25) is 4.90 Å². The van der Waals surface area contributed by atoms with E-state index in [1.54, 1.807) is 0 Å². The molecule has 0 bridgehead atoms. The molecule has 0 amide bonds. The van der Waals surface area contributed by atoms with Crippen molar-refractivity contribution < 1.29 is 4.42 Å². The van der Waals surface area contributed by atoms with Crippen molar-refractivity contribution in [2.75, 3.05) is 19.6 Å². The number of rotatable bonds is 4. The lowest BCUT2D eigenvalue weighted by Crippen LogP contribution is -2.31. The third-order valence-corrected chi connectivity index (χ3v) is 4.57. The Hall–Kier alpha value is -0.800. The first kappa shape index (κ1) is 12.2. The van der Waals surface area contributed by atoms with Gasteiger partial charge in [0.25, 0.3) is 0 Å². The van der Waals surface area contributed by atoms with Crippen LogP contribution in [0, 0.1) is 11.8 Å². The maximum Gasteiger partial charge on any atom is 0.122 e. The first-order valence-electron chi connectivity index (χ1n) is 7.22. The van der Waals surface area contributed by atoms with Crippen LogP contribution < -0.4 is 5.73 Å². The fourth-order valence-corrected chi connectivity index (χ4v) is 3.16. The Kier molecular flexibility index (Phi) is 3.20. The van der Waals surface area contributed by atoms with Gasteiger partial charge in [-0.2, -0.15) is 0 Å². The Morgan fingerprint density at radius 1 is 1.44 bits per heavy atom. The van der Waals surface area contributed by atoms with Gasteiger partial charge in [-0.25, -0.2) is 0 Å². The van der Waals surface area contributed by atoms with E-state index in [9.17, 15) is 0 Å². The van der Waals surface area contributed by atoms with E-state index in [4.69, 9.17) is 10.2 Å². The largest absolute Gasteiger partial charge is 0.464 e. The van der Waals surface area contributed by atoms with E-state index in [1.165, 1.54) is 18.6 Å². The molecule has 3 nitrogen and oxygen atoms in total. The highest BCUT2D eigenvalue weighted by atomic mass is 16.3. The molecule has 1 aromatic rings. The van der Waals surface area contributed by atoms with Crippen molar-refractivity contribution in [2.45, 2.75) is 38.6 Å². The first-order chi connectivity index (χ1) is 8.69. The zero-order valence-corrected chi connectivity index (χ0v) is 11.4. The molecule has 2 heterocycles. The molecule has 18 heavy (non-hydrogen) atoms. The van der Waals surface area contributed by atoms with Crippen LogP contribution in [0.2, 0.25) is 0 Å². The Morgan fingerprint density at radius 2 is 2.22 bits per heavy atom. The zero-order chi connectivity index (χ0) is 12.7. The second-order valence-electron chi connectivity index (χ2n) is 6.20. The molecule has 3 heteroatoms.